The highest BCUT2D eigenvalue weighted by Crippen LogP contribution is 1.94. The van der Waals surface area contributed by atoms with Gasteiger partial charge in [-0.2, -0.15) is 0 Å². The maximum atomic E-state index is 10.9. The molecular weight excluding hydrogens is 132 g/mol. The highest BCUT2D eigenvalue weighted by atomic mass is 16.6. The number of nitrogens with one attached hydrogen (secondary N) is 1. The lowest BCUT2D eigenvalue weighted by Crippen LogP contribution is -2.48. The molecule has 0 aromatic carbocycles. The Morgan fingerprint density at radius 3 is 2.50 bits per heavy atom. The third kappa shape index (κ3) is 3.42. The smallest absolute Gasteiger partial charge is 0.263 e. The second kappa shape index (κ2) is 3.53. The van der Waals surface area contributed by atoms with Gasteiger partial charge >= 0.3 is 0 Å². The Bertz CT molecular complexity index is 117. The largest absolute Gasteiger partial charge is 0.318 e. The van der Waals surface area contributed by atoms with Crippen molar-refractivity contribution in [1.29, 1.82) is 0 Å². The normalized spacial score (nSPS) is 11.2. The minimum atomic E-state index is -0.866. The Kier molecular flexibility index (Phi) is 3.32. The van der Waals surface area contributed by atoms with Crippen molar-refractivity contribution in [1.82, 2.24) is 5.48 Å². The van der Waals surface area contributed by atoms with Crippen LogP contribution in [0.2, 0.25) is 0 Å². The molecule has 0 aromatic heterocycles. The van der Waals surface area contributed by atoms with Crippen LogP contribution >= 0.6 is 0 Å². The van der Waals surface area contributed by atoms with Gasteiger partial charge in [0.15, 0.2) is 0 Å². The topological polar surface area (TPSA) is 64.3 Å². The first kappa shape index (κ1) is 9.39. The SMILES string of the molecule is CCONC(=O)C(C)(C)N. The van der Waals surface area contributed by atoms with E-state index >= 15 is 0 Å². The Labute approximate surface area is 60.7 Å². The molecule has 4 nitrogen and oxygen atoms in total. The molecular formula is C6H14N2O2. The number of amides is 1. The fraction of sp³-hybridized carbons (Fsp3) is 0.833. The predicted octanol–water partition coefficient (Wildman–Crippen LogP) is -0.209. The second-order valence-corrected chi connectivity index (χ2v) is 2.59. The van der Waals surface area contributed by atoms with Crippen LogP contribution in [0, 0.1) is 0 Å². The van der Waals surface area contributed by atoms with Crippen molar-refractivity contribution in [3.8, 4) is 0 Å². The Hall–Kier alpha value is -0.610. The second-order valence-electron chi connectivity index (χ2n) is 2.59. The van der Waals surface area contributed by atoms with Crippen molar-refractivity contribution in [2.45, 2.75) is 26.3 Å². The van der Waals surface area contributed by atoms with Crippen LogP contribution in [0.5, 0.6) is 0 Å². The molecule has 0 saturated heterocycles. The van der Waals surface area contributed by atoms with Crippen LogP contribution in [0.3, 0.4) is 0 Å². The first-order valence-corrected chi connectivity index (χ1v) is 3.19. The van der Waals surface area contributed by atoms with Crippen LogP contribution in [0.25, 0.3) is 0 Å². The molecule has 60 valence electrons. The summed E-state index contributed by atoms with van der Waals surface area (Å²) in [6, 6.07) is 0. The monoisotopic (exact) mass is 146 g/mol. The summed E-state index contributed by atoms with van der Waals surface area (Å²) in [5, 5.41) is 0. The van der Waals surface area contributed by atoms with Gasteiger partial charge in [-0.3, -0.25) is 9.63 Å². The van der Waals surface area contributed by atoms with Crippen molar-refractivity contribution in [3.63, 3.8) is 0 Å². The van der Waals surface area contributed by atoms with Crippen LogP contribution in [0.1, 0.15) is 20.8 Å². The van der Waals surface area contributed by atoms with Crippen LogP contribution in [-0.2, 0) is 9.63 Å². The molecule has 1 amide bonds. The van der Waals surface area contributed by atoms with E-state index in [-0.39, 0.29) is 5.91 Å². The molecule has 0 unspecified atom stereocenters. The minimum absolute atomic E-state index is 0.311. The standard InChI is InChI=1S/C6H14N2O2/c1-4-10-8-5(9)6(2,3)7/h4,7H2,1-3H3,(H,8,9). The third-order valence-corrected chi connectivity index (χ3v) is 0.894. The fourth-order valence-electron chi connectivity index (χ4n) is 0.269. The van der Waals surface area contributed by atoms with Gasteiger partial charge in [0.25, 0.3) is 5.91 Å². The molecule has 0 bridgehead atoms. The summed E-state index contributed by atoms with van der Waals surface area (Å²) >= 11 is 0. The summed E-state index contributed by atoms with van der Waals surface area (Å²) in [7, 11) is 0. The first-order chi connectivity index (χ1) is 4.48. The lowest BCUT2D eigenvalue weighted by molar-refractivity contribution is -0.137. The van der Waals surface area contributed by atoms with Crippen LogP contribution < -0.4 is 11.2 Å². The molecule has 0 aliphatic rings. The highest BCUT2D eigenvalue weighted by molar-refractivity contribution is 5.84. The molecule has 10 heavy (non-hydrogen) atoms. The van der Waals surface area contributed by atoms with Crippen molar-refractivity contribution < 1.29 is 9.63 Å². The van der Waals surface area contributed by atoms with E-state index in [2.05, 4.69) is 10.3 Å². The predicted molar refractivity (Wildman–Crippen MR) is 38.0 cm³/mol. The summed E-state index contributed by atoms with van der Waals surface area (Å²) < 4.78 is 0. The Morgan fingerprint density at radius 2 is 2.20 bits per heavy atom. The summed E-state index contributed by atoms with van der Waals surface area (Å²) in [4.78, 5) is 15.5. The Morgan fingerprint density at radius 1 is 1.70 bits per heavy atom. The fourth-order valence-corrected chi connectivity index (χ4v) is 0.269. The molecule has 0 rings (SSSR count). The van der Waals surface area contributed by atoms with E-state index < -0.39 is 5.54 Å². The average Bonchev–Trinajstić information content (AvgIpc) is 1.80. The van der Waals surface area contributed by atoms with Gasteiger partial charge in [-0.05, 0) is 20.8 Å². The zero-order chi connectivity index (χ0) is 8.20. The first-order valence-electron chi connectivity index (χ1n) is 3.19. The zero-order valence-electron chi connectivity index (χ0n) is 6.60. The van der Waals surface area contributed by atoms with E-state index in [1.165, 1.54) is 0 Å². The molecule has 0 aliphatic heterocycles. The van der Waals surface area contributed by atoms with Crippen LogP contribution in [0.15, 0.2) is 0 Å². The van der Waals surface area contributed by atoms with Gasteiger partial charge in [0.05, 0.1) is 12.1 Å². The van der Waals surface area contributed by atoms with E-state index in [9.17, 15) is 4.79 Å². The Balaban J connectivity index is 3.64. The van der Waals surface area contributed by atoms with E-state index in [1.54, 1.807) is 20.8 Å². The maximum absolute atomic E-state index is 10.9. The highest BCUT2D eigenvalue weighted by Gasteiger charge is 2.21. The molecule has 4 heteroatoms. The lowest BCUT2D eigenvalue weighted by atomic mass is 10.1. The van der Waals surface area contributed by atoms with Gasteiger partial charge < -0.3 is 5.73 Å². The van der Waals surface area contributed by atoms with E-state index in [1.807, 2.05) is 0 Å². The average molecular weight is 146 g/mol. The van der Waals surface area contributed by atoms with Gasteiger partial charge in [-0.25, -0.2) is 5.48 Å². The molecule has 0 aromatic rings. The molecule has 0 fully saturated rings. The van der Waals surface area contributed by atoms with Gasteiger partial charge in [0.1, 0.15) is 0 Å². The number of carbonyl (C=O) groups excluding carboxylic acids is 1. The maximum Gasteiger partial charge on any atom is 0.263 e. The third-order valence-electron chi connectivity index (χ3n) is 0.894. The number of carbonyl (C=O) groups is 1. The number of hydroxylamine groups is 1. The number of hydrogen-bond acceptors (Lipinski definition) is 3. The zero-order valence-corrected chi connectivity index (χ0v) is 6.60. The van der Waals surface area contributed by atoms with Gasteiger partial charge in [0, 0.05) is 0 Å². The van der Waals surface area contributed by atoms with Gasteiger partial charge in [-0.1, -0.05) is 0 Å². The summed E-state index contributed by atoms with van der Waals surface area (Å²) in [5.41, 5.74) is 6.77. The molecule has 0 aliphatic carbocycles. The number of nitrogens with two attached hydrogens (primary N) is 1. The minimum Gasteiger partial charge on any atom is -0.318 e. The van der Waals surface area contributed by atoms with Gasteiger partial charge in [0.2, 0.25) is 0 Å². The van der Waals surface area contributed by atoms with E-state index in [0.717, 1.165) is 0 Å². The van der Waals surface area contributed by atoms with Crippen molar-refractivity contribution in [3.05, 3.63) is 0 Å². The molecule has 3 N–H and O–H groups in total. The molecule has 0 radical (unpaired) electrons. The summed E-state index contributed by atoms with van der Waals surface area (Å²) in [6.45, 7) is 5.45. The quantitative estimate of drug-likeness (QED) is 0.541. The molecule has 0 heterocycles. The molecule has 0 spiro atoms. The lowest BCUT2D eigenvalue weighted by Gasteiger charge is -2.16. The molecule has 0 atom stereocenters. The number of rotatable bonds is 3. The van der Waals surface area contributed by atoms with Crippen LogP contribution in [0.4, 0.5) is 0 Å². The van der Waals surface area contributed by atoms with Crippen molar-refractivity contribution in [2.75, 3.05) is 6.61 Å². The van der Waals surface area contributed by atoms with Crippen molar-refractivity contribution in [2.24, 2.45) is 5.73 Å². The van der Waals surface area contributed by atoms with E-state index in [4.69, 9.17) is 5.73 Å². The number of hydrogen-bond donors (Lipinski definition) is 2. The van der Waals surface area contributed by atoms with Crippen LogP contribution in [-0.4, -0.2) is 18.1 Å². The van der Waals surface area contributed by atoms with Gasteiger partial charge in [-0.15, -0.1) is 0 Å². The van der Waals surface area contributed by atoms with Crippen molar-refractivity contribution >= 4 is 5.91 Å². The molecule has 0 saturated carbocycles. The summed E-state index contributed by atoms with van der Waals surface area (Å²) in [5.74, 6) is -0.311. The summed E-state index contributed by atoms with van der Waals surface area (Å²) in [6.07, 6.45) is 0. The van der Waals surface area contributed by atoms with E-state index in [0.29, 0.717) is 6.61 Å².